The molecule has 0 bridgehead atoms. The molecule has 0 aromatic carbocycles. The average molecular weight is 308 g/mol. The van der Waals surface area contributed by atoms with Crippen LogP contribution in [0.5, 0.6) is 0 Å². The predicted molar refractivity (Wildman–Crippen MR) is 73.5 cm³/mol. The zero-order chi connectivity index (χ0) is 16.7. The highest BCUT2D eigenvalue weighted by molar-refractivity contribution is 6.46. The van der Waals surface area contributed by atoms with Crippen LogP contribution in [0.15, 0.2) is 23.3 Å². The monoisotopic (exact) mass is 308 g/mol. The molecule has 7 heteroatoms. The second kappa shape index (κ2) is 8.02. The fourth-order valence-electron chi connectivity index (χ4n) is 2.10. The summed E-state index contributed by atoms with van der Waals surface area (Å²) in [6.45, 7) is 0. The Morgan fingerprint density at radius 2 is 1.73 bits per heavy atom. The van der Waals surface area contributed by atoms with Gasteiger partial charge in [-0.3, -0.25) is 4.79 Å². The maximum absolute atomic E-state index is 11.8. The van der Waals surface area contributed by atoms with Crippen LogP contribution in [0, 0.1) is 11.8 Å². The smallest absolute Gasteiger partial charge is 0.379 e. The van der Waals surface area contributed by atoms with E-state index in [1.165, 1.54) is 0 Å². The molecule has 0 radical (unpaired) electrons. The summed E-state index contributed by atoms with van der Waals surface area (Å²) in [5, 5.41) is 0. The molecule has 0 fully saturated rings. The Kier molecular flexibility index (Phi) is 6.37. The third kappa shape index (κ3) is 3.97. The maximum atomic E-state index is 11.8. The largest absolute Gasteiger partial charge is 0.465 e. The highest BCUT2D eigenvalue weighted by atomic mass is 16.5. The molecule has 0 amide bonds. The molecule has 0 saturated carbocycles. The van der Waals surface area contributed by atoms with Crippen LogP contribution >= 0.6 is 0 Å². The number of hydrogen-bond acceptors (Lipinski definition) is 7. The lowest BCUT2D eigenvalue weighted by Crippen LogP contribution is -2.25. The van der Waals surface area contributed by atoms with Crippen LogP contribution in [0.1, 0.15) is 12.8 Å². The minimum atomic E-state index is -1.21. The molecule has 0 heterocycles. The van der Waals surface area contributed by atoms with Gasteiger partial charge in [0.1, 0.15) is 18.1 Å². The van der Waals surface area contributed by atoms with Gasteiger partial charge in [-0.1, -0.05) is 6.08 Å². The molecule has 0 N–H and O–H groups in total. The molecule has 0 spiro atoms. The first kappa shape index (κ1) is 17.5. The van der Waals surface area contributed by atoms with Gasteiger partial charge < -0.3 is 19.1 Å². The number of carbonyl (C=O) groups is 5. The van der Waals surface area contributed by atoms with Crippen molar-refractivity contribution in [2.75, 3.05) is 14.2 Å². The van der Waals surface area contributed by atoms with E-state index in [0.717, 1.165) is 26.6 Å². The number of carbonyl (C=O) groups excluding carboxylic acids is 5. The Bertz CT molecular complexity index is 556. The van der Waals surface area contributed by atoms with Crippen LogP contribution in [0.3, 0.4) is 0 Å². The normalized spacial score (nSPS) is 21.4. The number of esters is 2. The molecular weight excluding hydrogens is 292 g/mol. The number of Topliss-reactive ketones (excluding diaryl/α,β-unsaturated/α-hetero) is 1. The van der Waals surface area contributed by atoms with Crippen molar-refractivity contribution in [3.05, 3.63) is 23.3 Å². The molecule has 118 valence electrons. The number of ketones is 1. The van der Waals surface area contributed by atoms with Crippen LogP contribution in [-0.2, 0) is 33.4 Å². The number of methoxy groups -OCH3 is 2. The Hall–Kier alpha value is -2.57. The summed E-state index contributed by atoms with van der Waals surface area (Å²) < 4.78 is 8.77. The van der Waals surface area contributed by atoms with Crippen molar-refractivity contribution in [3.8, 4) is 0 Å². The number of rotatable bonds is 6. The van der Waals surface area contributed by atoms with Crippen molar-refractivity contribution in [1.82, 2.24) is 0 Å². The lowest BCUT2D eigenvalue weighted by Gasteiger charge is -2.21. The number of hydrogen-bond donors (Lipinski definition) is 0. The molecule has 22 heavy (non-hydrogen) atoms. The molecule has 2 atom stereocenters. The van der Waals surface area contributed by atoms with Crippen molar-refractivity contribution < 1.29 is 33.4 Å². The molecule has 0 aromatic heterocycles. The van der Waals surface area contributed by atoms with Gasteiger partial charge in [0, 0.05) is 11.8 Å². The second-order valence-corrected chi connectivity index (χ2v) is 4.68. The van der Waals surface area contributed by atoms with E-state index >= 15 is 0 Å². The van der Waals surface area contributed by atoms with E-state index in [2.05, 4.69) is 9.47 Å². The molecule has 0 aromatic rings. The Morgan fingerprint density at radius 3 is 2.23 bits per heavy atom. The minimum absolute atomic E-state index is 0.287. The SMILES string of the molecule is COC(=O)C(=O)C(=CC1=CCC(C=O)CC1C=O)C(=O)OC. The first-order valence-electron chi connectivity index (χ1n) is 6.51. The van der Waals surface area contributed by atoms with Gasteiger partial charge in [0.25, 0.3) is 5.78 Å². The zero-order valence-electron chi connectivity index (χ0n) is 12.2. The molecule has 0 saturated heterocycles. The van der Waals surface area contributed by atoms with Crippen LogP contribution < -0.4 is 0 Å². The van der Waals surface area contributed by atoms with Crippen molar-refractivity contribution >= 4 is 30.3 Å². The first-order valence-corrected chi connectivity index (χ1v) is 6.51. The first-order chi connectivity index (χ1) is 10.5. The van der Waals surface area contributed by atoms with Crippen LogP contribution in [0.4, 0.5) is 0 Å². The van der Waals surface area contributed by atoms with Crippen molar-refractivity contribution in [3.63, 3.8) is 0 Å². The number of allylic oxidation sites excluding steroid dienone is 3. The summed E-state index contributed by atoms with van der Waals surface area (Å²) in [7, 11) is 2.08. The van der Waals surface area contributed by atoms with Gasteiger partial charge in [0.05, 0.1) is 14.2 Å². The lowest BCUT2D eigenvalue weighted by atomic mass is 9.81. The third-order valence-electron chi connectivity index (χ3n) is 3.33. The topological polar surface area (TPSA) is 104 Å². The minimum Gasteiger partial charge on any atom is -0.465 e. The molecule has 7 nitrogen and oxygen atoms in total. The van der Waals surface area contributed by atoms with E-state index in [1.807, 2.05) is 0 Å². The number of aldehydes is 2. The molecule has 1 aliphatic rings. The summed E-state index contributed by atoms with van der Waals surface area (Å²) in [5.41, 5.74) is -0.122. The van der Waals surface area contributed by atoms with Gasteiger partial charge in [-0.2, -0.15) is 0 Å². The van der Waals surface area contributed by atoms with E-state index in [0.29, 0.717) is 18.3 Å². The summed E-state index contributed by atoms with van der Waals surface area (Å²) in [6, 6.07) is 0. The molecule has 1 rings (SSSR count). The van der Waals surface area contributed by atoms with Crippen molar-refractivity contribution in [2.45, 2.75) is 12.8 Å². The van der Waals surface area contributed by atoms with Crippen molar-refractivity contribution in [1.29, 1.82) is 0 Å². The maximum Gasteiger partial charge on any atom is 0.379 e. The van der Waals surface area contributed by atoms with Crippen molar-refractivity contribution in [2.24, 2.45) is 11.8 Å². The van der Waals surface area contributed by atoms with E-state index in [9.17, 15) is 24.0 Å². The van der Waals surface area contributed by atoms with Gasteiger partial charge >= 0.3 is 11.9 Å². The average Bonchev–Trinajstić information content (AvgIpc) is 2.57. The van der Waals surface area contributed by atoms with Crippen LogP contribution in [0.2, 0.25) is 0 Å². The molecular formula is C15H16O7. The molecule has 0 aliphatic heterocycles. The molecule has 1 aliphatic carbocycles. The highest BCUT2D eigenvalue weighted by Gasteiger charge is 2.29. The lowest BCUT2D eigenvalue weighted by molar-refractivity contribution is -0.151. The van der Waals surface area contributed by atoms with Gasteiger partial charge in [-0.15, -0.1) is 0 Å². The Morgan fingerprint density at radius 1 is 1.09 bits per heavy atom. The van der Waals surface area contributed by atoms with E-state index in [-0.39, 0.29) is 12.3 Å². The van der Waals surface area contributed by atoms with Gasteiger partial charge in [0.15, 0.2) is 0 Å². The van der Waals surface area contributed by atoms with Crippen LogP contribution in [-0.4, -0.2) is 44.5 Å². The summed E-state index contributed by atoms with van der Waals surface area (Å²) in [6.07, 6.45) is 4.81. The predicted octanol–water partition coefficient (Wildman–Crippen LogP) is 0.178. The van der Waals surface area contributed by atoms with Gasteiger partial charge in [-0.05, 0) is 24.5 Å². The Labute approximate surface area is 126 Å². The Balaban J connectivity index is 3.20. The van der Waals surface area contributed by atoms with Gasteiger partial charge in [-0.25, -0.2) is 9.59 Å². The second-order valence-electron chi connectivity index (χ2n) is 4.68. The standard InChI is InChI=1S/C15H16O7/c1-21-14(19)12(13(18)15(20)22-2)6-10-4-3-9(7-16)5-11(10)8-17/h4,6-9,11H,3,5H2,1-2H3. The summed E-state index contributed by atoms with van der Waals surface area (Å²) >= 11 is 0. The summed E-state index contributed by atoms with van der Waals surface area (Å²) in [4.78, 5) is 56.8. The van der Waals surface area contributed by atoms with E-state index < -0.39 is 29.2 Å². The highest BCUT2D eigenvalue weighted by Crippen LogP contribution is 2.28. The van der Waals surface area contributed by atoms with E-state index in [1.54, 1.807) is 6.08 Å². The zero-order valence-corrected chi connectivity index (χ0v) is 12.2. The number of ether oxygens (including phenoxy) is 2. The van der Waals surface area contributed by atoms with Crippen LogP contribution in [0.25, 0.3) is 0 Å². The quantitative estimate of drug-likeness (QED) is 0.172. The fourth-order valence-corrected chi connectivity index (χ4v) is 2.10. The van der Waals surface area contributed by atoms with Gasteiger partial charge in [0.2, 0.25) is 0 Å². The summed E-state index contributed by atoms with van der Waals surface area (Å²) in [5.74, 6) is -4.28. The molecule has 2 unspecified atom stereocenters. The fraction of sp³-hybridized carbons (Fsp3) is 0.400. The van der Waals surface area contributed by atoms with E-state index in [4.69, 9.17) is 0 Å². The third-order valence-corrected chi connectivity index (χ3v) is 3.33.